The highest BCUT2D eigenvalue weighted by Gasteiger charge is 2.18. The minimum atomic E-state index is -3.93. The van der Waals surface area contributed by atoms with E-state index in [0.717, 1.165) is 5.56 Å². The Balaban J connectivity index is 2.08. The third-order valence-electron chi connectivity index (χ3n) is 3.82. The largest absolute Gasteiger partial charge is 0.370 e. The molecule has 0 aliphatic rings. The lowest BCUT2D eigenvalue weighted by molar-refractivity contribution is 0.1000. The van der Waals surface area contributed by atoms with Crippen LogP contribution in [-0.2, 0) is 10.0 Å². The summed E-state index contributed by atoms with van der Waals surface area (Å²) in [5, 5.41) is 0.668. The summed E-state index contributed by atoms with van der Waals surface area (Å²) in [5.41, 5.74) is 7.43. The number of nitrogens with two attached hydrogens (primary N) is 1. The molecule has 0 aliphatic heterocycles. The summed E-state index contributed by atoms with van der Waals surface area (Å²) >= 11 is 0. The van der Waals surface area contributed by atoms with Crippen LogP contribution in [0.4, 0.5) is 11.4 Å². The maximum absolute atomic E-state index is 12.6. The normalized spacial score (nSPS) is 11.2. The molecule has 4 N–H and O–H groups in total. The van der Waals surface area contributed by atoms with Crippen molar-refractivity contribution in [3.63, 3.8) is 0 Å². The second kappa shape index (κ2) is 5.96. The van der Waals surface area contributed by atoms with Crippen molar-refractivity contribution in [1.29, 1.82) is 0 Å². The number of carbonyl (C=O) groups excluding carboxylic acids is 1. The molecule has 0 radical (unpaired) electrons. The van der Waals surface area contributed by atoms with E-state index in [0.29, 0.717) is 22.3 Å². The van der Waals surface area contributed by atoms with Crippen LogP contribution < -0.4 is 10.5 Å². The molecule has 2 aromatic carbocycles. The zero-order chi connectivity index (χ0) is 18.2. The van der Waals surface area contributed by atoms with Crippen LogP contribution in [0.15, 0.2) is 47.5 Å². The van der Waals surface area contributed by atoms with E-state index in [9.17, 15) is 13.2 Å². The first kappa shape index (κ1) is 16.5. The minimum absolute atomic E-state index is 0.0746. The molecule has 0 unspecified atom stereocenters. The number of primary amides is 1. The van der Waals surface area contributed by atoms with Crippen molar-refractivity contribution in [3.05, 3.63) is 65.1 Å². The molecule has 0 saturated heterocycles. The molecule has 126 valence electrons. The fourth-order valence-corrected chi connectivity index (χ4v) is 3.71. The zero-order valence-electron chi connectivity index (χ0n) is 13.2. The number of nitrogens with zero attached hydrogens (tertiary/aromatic N) is 1. The number of aromatic nitrogens is 1. The number of hydrogen-bond acceptors (Lipinski definition) is 3. The fraction of sp³-hybridized carbons (Fsp3) is 0.0588. The third-order valence-corrected chi connectivity index (χ3v) is 5.18. The standard InChI is InChI=1S/C17H14N4O3S/c1-10-6-7-13(16-15(10)14(19-2)9-20-16)21-25(23,24)12-5-3-4-11(8-12)17(18)22/h3-9,20-21H,1H3,(H2,18,22). The highest BCUT2D eigenvalue weighted by Crippen LogP contribution is 2.34. The predicted molar refractivity (Wildman–Crippen MR) is 95.1 cm³/mol. The molecule has 0 aliphatic carbocycles. The summed E-state index contributed by atoms with van der Waals surface area (Å²) in [6.07, 6.45) is 1.54. The van der Waals surface area contributed by atoms with E-state index in [4.69, 9.17) is 12.3 Å². The molecule has 0 bridgehead atoms. The molecule has 0 saturated carbocycles. The van der Waals surface area contributed by atoms with Gasteiger partial charge in [0.25, 0.3) is 10.0 Å². The van der Waals surface area contributed by atoms with Crippen molar-refractivity contribution >= 4 is 38.2 Å². The van der Waals surface area contributed by atoms with Gasteiger partial charge in [0, 0.05) is 17.1 Å². The van der Waals surface area contributed by atoms with Crippen LogP contribution in [0.1, 0.15) is 15.9 Å². The quantitative estimate of drug-likeness (QED) is 0.627. The van der Waals surface area contributed by atoms with E-state index in [-0.39, 0.29) is 10.5 Å². The maximum atomic E-state index is 12.6. The van der Waals surface area contributed by atoms with Gasteiger partial charge in [-0.1, -0.05) is 17.7 Å². The maximum Gasteiger partial charge on any atom is 0.261 e. The Labute approximate surface area is 144 Å². The number of fused-ring (bicyclic) bond motifs is 1. The number of rotatable bonds is 4. The minimum Gasteiger partial charge on any atom is -0.370 e. The Hall–Kier alpha value is -3.31. The number of nitrogens with one attached hydrogen (secondary N) is 2. The highest BCUT2D eigenvalue weighted by atomic mass is 32.2. The predicted octanol–water partition coefficient (Wildman–Crippen LogP) is 2.93. The first-order chi connectivity index (χ1) is 11.8. The third kappa shape index (κ3) is 2.93. The van der Waals surface area contributed by atoms with Crippen LogP contribution in [0.5, 0.6) is 0 Å². The summed E-state index contributed by atoms with van der Waals surface area (Å²) < 4.78 is 27.8. The van der Waals surface area contributed by atoms with Gasteiger partial charge in [0.05, 0.1) is 22.7 Å². The van der Waals surface area contributed by atoms with Crippen molar-refractivity contribution < 1.29 is 13.2 Å². The van der Waals surface area contributed by atoms with Crippen molar-refractivity contribution in [2.75, 3.05) is 4.72 Å². The van der Waals surface area contributed by atoms with E-state index >= 15 is 0 Å². The summed E-state index contributed by atoms with van der Waals surface area (Å²) in [7, 11) is -3.93. The number of amides is 1. The van der Waals surface area contributed by atoms with Crippen molar-refractivity contribution in [2.45, 2.75) is 11.8 Å². The van der Waals surface area contributed by atoms with E-state index in [1.807, 2.05) is 6.92 Å². The number of benzene rings is 2. The summed E-state index contributed by atoms with van der Waals surface area (Å²) in [6.45, 7) is 9.06. The second-order valence-corrected chi connectivity index (χ2v) is 7.15. The monoisotopic (exact) mass is 354 g/mol. The van der Waals surface area contributed by atoms with Crippen LogP contribution in [-0.4, -0.2) is 19.3 Å². The molecule has 0 atom stereocenters. The number of aryl methyl sites for hydroxylation is 1. The Kier molecular flexibility index (Phi) is 3.94. The Bertz CT molecular complexity index is 1140. The van der Waals surface area contributed by atoms with Gasteiger partial charge in [-0.25, -0.2) is 13.3 Å². The average molecular weight is 354 g/mol. The number of H-pyrrole nitrogens is 1. The Morgan fingerprint density at radius 1 is 1.28 bits per heavy atom. The van der Waals surface area contributed by atoms with Crippen molar-refractivity contribution in [3.8, 4) is 0 Å². The van der Waals surface area contributed by atoms with Crippen LogP contribution in [0.3, 0.4) is 0 Å². The Morgan fingerprint density at radius 3 is 2.72 bits per heavy atom. The van der Waals surface area contributed by atoms with E-state index in [2.05, 4.69) is 14.6 Å². The highest BCUT2D eigenvalue weighted by molar-refractivity contribution is 7.92. The number of aromatic amines is 1. The van der Waals surface area contributed by atoms with Gasteiger partial charge < -0.3 is 10.7 Å². The number of sulfonamides is 1. The molecule has 3 aromatic rings. The van der Waals surface area contributed by atoms with E-state index < -0.39 is 15.9 Å². The van der Waals surface area contributed by atoms with E-state index in [1.54, 1.807) is 12.1 Å². The molecule has 25 heavy (non-hydrogen) atoms. The number of hydrogen-bond donors (Lipinski definition) is 3. The van der Waals surface area contributed by atoms with Crippen molar-refractivity contribution in [1.82, 2.24) is 4.98 Å². The van der Waals surface area contributed by atoms with Gasteiger partial charge in [0.2, 0.25) is 11.6 Å². The van der Waals surface area contributed by atoms with Crippen LogP contribution in [0.25, 0.3) is 15.7 Å². The van der Waals surface area contributed by atoms with Gasteiger partial charge in [-0.3, -0.25) is 9.52 Å². The first-order valence-corrected chi connectivity index (χ1v) is 8.72. The molecule has 3 rings (SSSR count). The molecule has 1 amide bonds. The summed E-state index contributed by atoms with van der Waals surface area (Å²) in [4.78, 5) is 17.6. The number of carbonyl (C=O) groups is 1. The van der Waals surface area contributed by atoms with Gasteiger partial charge in [-0.2, -0.15) is 0 Å². The van der Waals surface area contributed by atoms with Gasteiger partial charge in [-0.05, 0) is 31.2 Å². The smallest absolute Gasteiger partial charge is 0.261 e. The summed E-state index contributed by atoms with van der Waals surface area (Å²) in [5.74, 6) is -0.708. The lowest BCUT2D eigenvalue weighted by Gasteiger charge is -2.11. The van der Waals surface area contributed by atoms with Crippen LogP contribution >= 0.6 is 0 Å². The van der Waals surface area contributed by atoms with E-state index in [1.165, 1.54) is 30.5 Å². The SMILES string of the molecule is [C-]#[N+]c1c[nH]c2c(NS(=O)(=O)c3cccc(C(N)=O)c3)ccc(C)c12. The second-order valence-electron chi connectivity index (χ2n) is 5.46. The van der Waals surface area contributed by atoms with Crippen LogP contribution in [0, 0.1) is 13.5 Å². The zero-order valence-corrected chi connectivity index (χ0v) is 14.0. The Morgan fingerprint density at radius 2 is 2.04 bits per heavy atom. The lowest BCUT2D eigenvalue weighted by Crippen LogP contribution is -2.16. The molecule has 7 nitrogen and oxygen atoms in total. The first-order valence-electron chi connectivity index (χ1n) is 7.24. The molecule has 0 spiro atoms. The van der Waals surface area contributed by atoms with Gasteiger partial charge in [-0.15, -0.1) is 0 Å². The summed E-state index contributed by atoms with van der Waals surface area (Å²) in [6, 6.07) is 8.85. The van der Waals surface area contributed by atoms with Crippen molar-refractivity contribution in [2.24, 2.45) is 5.73 Å². The fourth-order valence-electron chi connectivity index (χ4n) is 2.59. The number of anilines is 1. The molecular formula is C17H14N4O3S. The van der Waals surface area contributed by atoms with Gasteiger partial charge in [0.1, 0.15) is 0 Å². The lowest BCUT2D eigenvalue weighted by atomic mass is 10.1. The van der Waals surface area contributed by atoms with Crippen LogP contribution in [0.2, 0.25) is 0 Å². The molecule has 1 aromatic heterocycles. The molecule has 8 heteroatoms. The average Bonchev–Trinajstić information content (AvgIpc) is 3.02. The van der Waals surface area contributed by atoms with Gasteiger partial charge >= 0.3 is 0 Å². The molecule has 1 heterocycles. The van der Waals surface area contributed by atoms with Gasteiger partial charge in [0.15, 0.2) is 0 Å². The molecule has 0 fully saturated rings. The topological polar surface area (TPSA) is 109 Å². The molecular weight excluding hydrogens is 340 g/mol.